The number of aliphatic hydroxyl groups excluding tert-OH is 1. The Balaban J connectivity index is 1.12. The highest BCUT2D eigenvalue weighted by molar-refractivity contribution is 6.33. The molecule has 3 aromatic rings. The summed E-state index contributed by atoms with van der Waals surface area (Å²) in [6.07, 6.45) is -0.495. The predicted octanol–water partition coefficient (Wildman–Crippen LogP) is 2.85. The fourth-order valence-corrected chi connectivity index (χ4v) is 5.41. The van der Waals surface area contributed by atoms with E-state index in [2.05, 4.69) is 27.0 Å². The van der Waals surface area contributed by atoms with Gasteiger partial charge in [0, 0.05) is 51.3 Å². The number of aromatic nitrogens is 3. The van der Waals surface area contributed by atoms with Crippen molar-refractivity contribution >= 4 is 34.5 Å². The summed E-state index contributed by atoms with van der Waals surface area (Å²) in [5.74, 6) is 0. The molecule has 3 saturated heterocycles. The van der Waals surface area contributed by atoms with Crippen LogP contribution in [0, 0.1) is 0 Å². The number of hydrogen-bond donors (Lipinski definition) is 2. The lowest BCUT2D eigenvalue weighted by Crippen LogP contribution is -2.39. The van der Waals surface area contributed by atoms with E-state index in [0.29, 0.717) is 34.5 Å². The molecule has 2 aromatic heterocycles. The van der Waals surface area contributed by atoms with E-state index >= 15 is 0 Å². The van der Waals surface area contributed by atoms with Crippen molar-refractivity contribution in [2.45, 2.75) is 43.4 Å². The summed E-state index contributed by atoms with van der Waals surface area (Å²) in [5.41, 5.74) is 3.76. The zero-order valence-corrected chi connectivity index (χ0v) is 21.9. The van der Waals surface area contributed by atoms with Crippen LogP contribution in [0.2, 0.25) is 5.02 Å². The third-order valence-corrected chi connectivity index (χ3v) is 7.52. The summed E-state index contributed by atoms with van der Waals surface area (Å²) >= 11 is 6.59. The third-order valence-electron chi connectivity index (χ3n) is 7.23. The zero-order valence-electron chi connectivity index (χ0n) is 21.2. The molecule has 1 aromatic carbocycles. The van der Waals surface area contributed by atoms with E-state index < -0.39 is 6.10 Å². The van der Waals surface area contributed by atoms with Crippen LogP contribution >= 0.6 is 11.6 Å². The molecule has 0 aliphatic carbocycles. The fourth-order valence-electron chi connectivity index (χ4n) is 5.15. The number of aromatic amines is 1. The van der Waals surface area contributed by atoms with Crippen molar-refractivity contribution in [2.24, 2.45) is 0 Å². The Hall–Kier alpha value is -3.12. The molecule has 5 heterocycles. The number of pyridine rings is 1. The number of halogens is 1. The summed E-state index contributed by atoms with van der Waals surface area (Å²) in [6.45, 7) is 2.17. The number of amides is 1. The first-order chi connectivity index (χ1) is 18.4. The normalized spacial score (nSPS) is 25.5. The maximum Gasteiger partial charge on any atom is 0.409 e. The van der Waals surface area contributed by atoms with Crippen LogP contribution in [0.5, 0.6) is 6.01 Å². The second-order valence-corrected chi connectivity index (χ2v) is 10.5. The SMILES string of the molecule is CN(C)C(=O)OC1CCN(c2ccc(-c3nc4[nH]c(O[C@@H]5CO[C@H]6[C@@H]5OC[C@H]6O)nc4cc3Cl)cc2)CC1. The van der Waals surface area contributed by atoms with Crippen molar-refractivity contribution in [1.82, 2.24) is 19.9 Å². The van der Waals surface area contributed by atoms with Gasteiger partial charge in [-0.25, -0.2) is 9.78 Å². The van der Waals surface area contributed by atoms with Crippen molar-refractivity contribution < 1.29 is 28.8 Å². The van der Waals surface area contributed by atoms with Gasteiger partial charge in [-0.05, 0) is 18.2 Å². The van der Waals surface area contributed by atoms with E-state index in [1.807, 2.05) is 12.1 Å². The summed E-state index contributed by atoms with van der Waals surface area (Å²) < 4.78 is 22.8. The molecule has 3 aliphatic heterocycles. The molecule has 0 saturated carbocycles. The number of fused-ring (bicyclic) bond motifs is 2. The van der Waals surface area contributed by atoms with E-state index in [4.69, 9.17) is 35.5 Å². The molecule has 202 valence electrons. The van der Waals surface area contributed by atoms with Crippen molar-refractivity contribution in [1.29, 1.82) is 0 Å². The largest absolute Gasteiger partial charge is 0.456 e. The van der Waals surface area contributed by atoms with Crippen LogP contribution in [0.25, 0.3) is 22.4 Å². The van der Waals surface area contributed by atoms with Gasteiger partial charge in [0.2, 0.25) is 0 Å². The molecule has 12 heteroatoms. The predicted molar refractivity (Wildman–Crippen MR) is 140 cm³/mol. The topological polar surface area (TPSA) is 122 Å². The van der Waals surface area contributed by atoms with Crippen LogP contribution in [0.3, 0.4) is 0 Å². The van der Waals surface area contributed by atoms with Gasteiger partial charge >= 0.3 is 6.09 Å². The number of imidazole rings is 1. The van der Waals surface area contributed by atoms with E-state index in [9.17, 15) is 9.90 Å². The van der Waals surface area contributed by atoms with Crippen molar-refractivity contribution in [2.75, 3.05) is 45.3 Å². The van der Waals surface area contributed by atoms with Crippen LogP contribution in [0.1, 0.15) is 12.8 Å². The lowest BCUT2D eigenvalue weighted by Gasteiger charge is -2.33. The molecule has 0 unspecified atom stereocenters. The van der Waals surface area contributed by atoms with Gasteiger partial charge in [-0.15, -0.1) is 0 Å². The Morgan fingerprint density at radius 2 is 1.87 bits per heavy atom. The number of aliphatic hydroxyl groups is 1. The molecule has 3 fully saturated rings. The molecule has 0 bridgehead atoms. The second kappa shape index (κ2) is 10.2. The second-order valence-electron chi connectivity index (χ2n) is 10.1. The Labute approximate surface area is 224 Å². The maximum absolute atomic E-state index is 11.8. The molecule has 0 spiro atoms. The summed E-state index contributed by atoms with van der Waals surface area (Å²) in [7, 11) is 3.38. The van der Waals surface area contributed by atoms with Gasteiger partial charge in [-0.2, -0.15) is 4.98 Å². The molecule has 0 radical (unpaired) electrons. The van der Waals surface area contributed by atoms with Crippen LogP contribution in [0.4, 0.5) is 10.5 Å². The van der Waals surface area contributed by atoms with Gasteiger partial charge in [0.1, 0.15) is 29.9 Å². The number of benzene rings is 1. The number of hydrogen-bond acceptors (Lipinski definition) is 9. The average Bonchev–Trinajstić information content (AvgIpc) is 3.60. The lowest BCUT2D eigenvalue weighted by atomic mass is 10.1. The molecular weight excluding hydrogens is 514 g/mol. The first-order valence-electron chi connectivity index (χ1n) is 12.7. The molecule has 2 N–H and O–H groups in total. The van der Waals surface area contributed by atoms with Crippen molar-refractivity contribution in [3.05, 3.63) is 35.4 Å². The molecule has 1 amide bonds. The van der Waals surface area contributed by atoms with E-state index in [1.54, 1.807) is 20.2 Å². The van der Waals surface area contributed by atoms with Gasteiger partial charge in [-0.1, -0.05) is 23.7 Å². The maximum atomic E-state index is 11.8. The first-order valence-corrected chi connectivity index (χ1v) is 13.1. The van der Waals surface area contributed by atoms with Gasteiger partial charge in [0.05, 0.1) is 23.9 Å². The standard InChI is InChI=1S/C26H30ClN5O6/c1-31(2)26(34)37-16-7-9-32(10-8-16)15-5-3-14(4-6-15)21-17(27)11-18-24(29-21)30-25(28-18)38-20-13-36-22-19(33)12-35-23(20)22/h3-6,11,16,19-20,22-23,33H,7-10,12-13H2,1-2H3,(H,28,29,30)/t19-,20-,22-,23-/m1/s1. The Morgan fingerprint density at radius 1 is 1.13 bits per heavy atom. The number of rotatable bonds is 5. The van der Waals surface area contributed by atoms with Crippen molar-refractivity contribution in [3.63, 3.8) is 0 Å². The summed E-state index contributed by atoms with van der Waals surface area (Å²) in [6, 6.07) is 10.2. The molecule has 11 nitrogen and oxygen atoms in total. The minimum Gasteiger partial charge on any atom is -0.456 e. The number of nitrogens with one attached hydrogen (secondary N) is 1. The number of piperidine rings is 1. The molecule has 3 aliphatic rings. The molecule has 4 atom stereocenters. The number of anilines is 1. The fraction of sp³-hybridized carbons (Fsp3) is 0.500. The highest BCUT2D eigenvalue weighted by atomic mass is 35.5. The highest BCUT2D eigenvalue weighted by Gasteiger charge is 2.48. The van der Waals surface area contributed by atoms with Crippen LogP contribution in [0.15, 0.2) is 30.3 Å². The Bertz CT molecular complexity index is 1310. The van der Waals surface area contributed by atoms with E-state index in [1.165, 1.54) is 4.90 Å². The van der Waals surface area contributed by atoms with Gasteiger partial charge in [-0.3, -0.25) is 4.98 Å². The van der Waals surface area contributed by atoms with Crippen LogP contribution in [-0.2, 0) is 14.2 Å². The zero-order chi connectivity index (χ0) is 26.4. The Kier molecular flexibility index (Phi) is 6.77. The highest BCUT2D eigenvalue weighted by Crippen LogP contribution is 2.33. The molecule has 38 heavy (non-hydrogen) atoms. The quantitative estimate of drug-likeness (QED) is 0.500. The average molecular weight is 544 g/mol. The number of nitrogens with zero attached hydrogens (tertiary/aromatic N) is 4. The number of H-pyrrole nitrogens is 1. The van der Waals surface area contributed by atoms with E-state index in [0.717, 1.165) is 37.2 Å². The first kappa shape index (κ1) is 25.2. The summed E-state index contributed by atoms with van der Waals surface area (Å²) in [5, 5.41) is 10.4. The molecular formula is C26H30ClN5O6. The molecule has 6 rings (SSSR count). The smallest absolute Gasteiger partial charge is 0.409 e. The van der Waals surface area contributed by atoms with Gasteiger partial charge in [0.25, 0.3) is 6.01 Å². The monoisotopic (exact) mass is 543 g/mol. The van der Waals surface area contributed by atoms with Gasteiger partial charge < -0.3 is 33.9 Å². The number of carbonyl (C=O) groups is 1. The summed E-state index contributed by atoms with van der Waals surface area (Å²) in [4.78, 5) is 27.9. The number of ether oxygens (including phenoxy) is 4. The van der Waals surface area contributed by atoms with Gasteiger partial charge in [0.15, 0.2) is 11.8 Å². The Morgan fingerprint density at radius 3 is 2.61 bits per heavy atom. The van der Waals surface area contributed by atoms with Crippen LogP contribution < -0.4 is 9.64 Å². The minimum absolute atomic E-state index is 0.0571. The van der Waals surface area contributed by atoms with Crippen molar-refractivity contribution in [3.8, 4) is 17.3 Å². The van der Waals surface area contributed by atoms with Crippen LogP contribution in [-0.4, -0.2) is 102 Å². The minimum atomic E-state index is -0.640. The van der Waals surface area contributed by atoms with E-state index in [-0.39, 0.29) is 37.1 Å². The number of carbonyl (C=O) groups excluding carboxylic acids is 1. The third kappa shape index (κ3) is 4.86. The lowest BCUT2D eigenvalue weighted by molar-refractivity contribution is 0.00706.